The van der Waals surface area contributed by atoms with Crippen molar-refractivity contribution in [1.29, 1.82) is 0 Å². The first kappa shape index (κ1) is 19.8. The number of rotatable bonds is 7. The third-order valence-electron chi connectivity index (χ3n) is 4.82. The van der Waals surface area contributed by atoms with E-state index in [0.717, 1.165) is 24.8 Å². The molecule has 0 radical (unpaired) electrons. The Bertz CT molecular complexity index is 705. The van der Waals surface area contributed by atoms with Crippen LogP contribution in [0.3, 0.4) is 0 Å². The molecule has 27 heavy (non-hydrogen) atoms. The highest BCUT2D eigenvalue weighted by atomic mass is 16.7. The van der Waals surface area contributed by atoms with E-state index < -0.39 is 37.3 Å². The molecule has 1 aliphatic rings. The molecule has 0 spiro atoms. The van der Waals surface area contributed by atoms with Crippen molar-refractivity contribution in [2.45, 2.75) is 50.0 Å². The summed E-state index contributed by atoms with van der Waals surface area (Å²) in [6.07, 6.45) is -3.77. The molecule has 2 aromatic carbocycles. The summed E-state index contributed by atoms with van der Waals surface area (Å²) in [5.41, 5.74) is 2.23. The zero-order chi connectivity index (χ0) is 19.2. The molecule has 0 unspecified atom stereocenters. The van der Waals surface area contributed by atoms with Crippen molar-refractivity contribution < 1.29 is 29.9 Å². The molecule has 1 saturated heterocycles. The molecule has 0 saturated carbocycles. The van der Waals surface area contributed by atoms with Crippen molar-refractivity contribution in [1.82, 2.24) is 0 Å². The first-order chi connectivity index (χ1) is 13.1. The molecular formula is C21H26O6. The lowest BCUT2D eigenvalue weighted by molar-refractivity contribution is -0.277. The predicted molar refractivity (Wildman–Crippen MR) is 99.3 cm³/mol. The van der Waals surface area contributed by atoms with Crippen LogP contribution in [0.4, 0.5) is 0 Å². The molecule has 5 atom stereocenters. The Balaban J connectivity index is 1.64. The molecule has 0 aromatic heterocycles. The standard InChI is InChI=1S/C21H26O6/c22-13-17-18(23)19(24)20(25)21(27-17)26-16-12-5-4-10-15(16)11-6-9-14-7-2-1-3-8-14/h1-5,7-8,10,12,17-25H,6,9,11,13H2/t17-,18-,19+,20-,21-/m1/s1. The molecule has 3 rings (SSSR count). The third-order valence-corrected chi connectivity index (χ3v) is 4.82. The fraction of sp³-hybridized carbons (Fsp3) is 0.429. The van der Waals surface area contributed by atoms with E-state index in [-0.39, 0.29) is 0 Å². The van der Waals surface area contributed by atoms with E-state index in [1.807, 2.05) is 36.4 Å². The smallest absolute Gasteiger partial charge is 0.229 e. The molecular weight excluding hydrogens is 348 g/mol. The summed E-state index contributed by atoms with van der Waals surface area (Å²) in [6, 6.07) is 17.7. The molecule has 6 nitrogen and oxygen atoms in total. The van der Waals surface area contributed by atoms with Crippen molar-refractivity contribution in [2.75, 3.05) is 6.61 Å². The van der Waals surface area contributed by atoms with Crippen LogP contribution in [0.15, 0.2) is 54.6 Å². The van der Waals surface area contributed by atoms with Crippen LogP contribution < -0.4 is 4.74 Å². The SMILES string of the molecule is OC[C@H]1O[C@@H](Oc2ccccc2CCCc2ccccc2)[C@H](O)[C@@H](O)[C@@H]1O. The maximum absolute atomic E-state index is 10.2. The molecule has 1 fully saturated rings. The first-order valence-electron chi connectivity index (χ1n) is 9.19. The molecule has 1 heterocycles. The third kappa shape index (κ3) is 4.86. The van der Waals surface area contributed by atoms with Gasteiger partial charge < -0.3 is 29.9 Å². The van der Waals surface area contributed by atoms with Crippen LogP contribution in [0.1, 0.15) is 17.5 Å². The number of aliphatic hydroxyl groups excluding tert-OH is 4. The van der Waals surface area contributed by atoms with Gasteiger partial charge in [-0.05, 0) is 36.5 Å². The maximum atomic E-state index is 10.2. The second-order valence-electron chi connectivity index (χ2n) is 6.76. The van der Waals surface area contributed by atoms with E-state index in [4.69, 9.17) is 9.47 Å². The van der Waals surface area contributed by atoms with Gasteiger partial charge in [0.05, 0.1) is 6.61 Å². The van der Waals surface area contributed by atoms with E-state index in [0.29, 0.717) is 5.75 Å². The van der Waals surface area contributed by atoms with Crippen LogP contribution in [0.2, 0.25) is 0 Å². The minimum absolute atomic E-state index is 0.483. The normalized spacial score (nSPS) is 28.1. The molecule has 4 N–H and O–H groups in total. The summed E-state index contributed by atoms with van der Waals surface area (Å²) in [4.78, 5) is 0. The quantitative estimate of drug-likeness (QED) is 0.578. The minimum atomic E-state index is -1.45. The van der Waals surface area contributed by atoms with Gasteiger partial charge in [-0.15, -0.1) is 0 Å². The Hall–Kier alpha value is -1.96. The van der Waals surface area contributed by atoms with Gasteiger partial charge >= 0.3 is 0 Å². The van der Waals surface area contributed by atoms with Crippen LogP contribution in [0.5, 0.6) is 5.75 Å². The van der Waals surface area contributed by atoms with Gasteiger partial charge in [0, 0.05) is 0 Å². The molecule has 0 aliphatic carbocycles. The van der Waals surface area contributed by atoms with E-state index in [9.17, 15) is 20.4 Å². The Labute approximate surface area is 158 Å². The van der Waals surface area contributed by atoms with Gasteiger partial charge in [-0.3, -0.25) is 0 Å². The zero-order valence-electron chi connectivity index (χ0n) is 15.0. The Morgan fingerprint density at radius 3 is 2.26 bits per heavy atom. The van der Waals surface area contributed by atoms with Crippen molar-refractivity contribution in [2.24, 2.45) is 0 Å². The van der Waals surface area contributed by atoms with E-state index >= 15 is 0 Å². The number of para-hydroxylation sites is 1. The number of aliphatic hydroxyl groups is 4. The molecule has 0 amide bonds. The van der Waals surface area contributed by atoms with Gasteiger partial charge in [-0.2, -0.15) is 0 Å². The lowest BCUT2D eigenvalue weighted by atomic mass is 9.99. The fourth-order valence-corrected chi connectivity index (χ4v) is 3.24. The number of hydrogen-bond acceptors (Lipinski definition) is 6. The van der Waals surface area contributed by atoms with Crippen molar-refractivity contribution >= 4 is 0 Å². The summed E-state index contributed by atoms with van der Waals surface area (Å²) in [5.74, 6) is 0.551. The van der Waals surface area contributed by atoms with E-state index in [1.54, 1.807) is 6.07 Å². The summed E-state index contributed by atoms with van der Waals surface area (Å²) in [5, 5.41) is 39.2. The van der Waals surface area contributed by atoms with Crippen molar-refractivity contribution in [3.8, 4) is 5.75 Å². The van der Waals surface area contributed by atoms with Crippen LogP contribution in [-0.2, 0) is 17.6 Å². The highest BCUT2D eigenvalue weighted by Crippen LogP contribution is 2.27. The van der Waals surface area contributed by atoms with Crippen LogP contribution >= 0.6 is 0 Å². The van der Waals surface area contributed by atoms with Crippen molar-refractivity contribution in [3.63, 3.8) is 0 Å². The molecule has 6 heteroatoms. The second-order valence-corrected chi connectivity index (χ2v) is 6.76. The Morgan fingerprint density at radius 2 is 1.52 bits per heavy atom. The van der Waals surface area contributed by atoms with Gasteiger partial charge in [0.25, 0.3) is 0 Å². The van der Waals surface area contributed by atoms with Gasteiger partial charge in [0.1, 0.15) is 30.2 Å². The van der Waals surface area contributed by atoms with Crippen LogP contribution in [-0.4, -0.2) is 57.7 Å². The molecule has 146 valence electrons. The first-order valence-corrected chi connectivity index (χ1v) is 9.19. The summed E-state index contributed by atoms with van der Waals surface area (Å²) in [6.45, 7) is -0.483. The summed E-state index contributed by atoms with van der Waals surface area (Å²) in [7, 11) is 0. The highest BCUT2D eigenvalue weighted by molar-refractivity contribution is 5.33. The number of benzene rings is 2. The Kier molecular flexibility index (Phi) is 6.82. The number of hydrogen-bond donors (Lipinski definition) is 4. The molecule has 0 bridgehead atoms. The van der Waals surface area contributed by atoms with E-state index in [1.165, 1.54) is 5.56 Å². The minimum Gasteiger partial charge on any atom is -0.462 e. The summed E-state index contributed by atoms with van der Waals surface area (Å²) < 4.78 is 11.2. The summed E-state index contributed by atoms with van der Waals surface area (Å²) >= 11 is 0. The number of aryl methyl sites for hydroxylation is 2. The Morgan fingerprint density at radius 1 is 0.815 bits per heavy atom. The van der Waals surface area contributed by atoms with Crippen molar-refractivity contribution in [3.05, 3.63) is 65.7 Å². The van der Waals surface area contributed by atoms with Crippen LogP contribution in [0.25, 0.3) is 0 Å². The van der Waals surface area contributed by atoms with E-state index in [2.05, 4.69) is 12.1 Å². The second kappa shape index (κ2) is 9.30. The fourth-order valence-electron chi connectivity index (χ4n) is 3.24. The number of ether oxygens (including phenoxy) is 2. The molecule has 1 aliphatic heterocycles. The van der Waals surface area contributed by atoms with Gasteiger partial charge in [0.15, 0.2) is 0 Å². The van der Waals surface area contributed by atoms with Gasteiger partial charge in [-0.1, -0.05) is 48.5 Å². The zero-order valence-corrected chi connectivity index (χ0v) is 15.0. The van der Waals surface area contributed by atoms with Gasteiger partial charge in [-0.25, -0.2) is 0 Å². The lowest BCUT2D eigenvalue weighted by Crippen LogP contribution is -2.60. The lowest BCUT2D eigenvalue weighted by Gasteiger charge is -2.39. The largest absolute Gasteiger partial charge is 0.462 e. The maximum Gasteiger partial charge on any atom is 0.229 e. The average molecular weight is 374 g/mol. The molecule has 2 aromatic rings. The van der Waals surface area contributed by atoms with Crippen LogP contribution in [0, 0.1) is 0 Å². The highest BCUT2D eigenvalue weighted by Gasteiger charge is 2.44. The predicted octanol–water partition coefficient (Wildman–Crippen LogP) is 1.04. The average Bonchev–Trinajstić information content (AvgIpc) is 2.70. The topological polar surface area (TPSA) is 99.4 Å². The monoisotopic (exact) mass is 374 g/mol. The van der Waals surface area contributed by atoms with Gasteiger partial charge in [0.2, 0.25) is 6.29 Å².